The van der Waals surface area contributed by atoms with Crippen molar-refractivity contribution in [1.29, 1.82) is 0 Å². The minimum atomic E-state index is -0.00506. The number of nitrogens with zero attached hydrogens (tertiary/aromatic N) is 2. The number of aryl methyl sites for hydroxylation is 1. The second kappa shape index (κ2) is 6.92. The van der Waals surface area contributed by atoms with Crippen molar-refractivity contribution in [3.05, 3.63) is 64.7 Å². The van der Waals surface area contributed by atoms with Crippen LogP contribution in [0.3, 0.4) is 0 Å². The van der Waals surface area contributed by atoms with E-state index in [0.717, 1.165) is 34.8 Å². The van der Waals surface area contributed by atoms with Crippen molar-refractivity contribution < 1.29 is 9.53 Å². The third-order valence-corrected chi connectivity index (χ3v) is 5.80. The minimum absolute atomic E-state index is 0.00506. The first-order chi connectivity index (χ1) is 12.7. The molecule has 0 unspecified atom stereocenters. The van der Waals surface area contributed by atoms with E-state index in [2.05, 4.69) is 18.0 Å². The van der Waals surface area contributed by atoms with E-state index in [0.29, 0.717) is 11.4 Å². The van der Waals surface area contributed by atoms with Crippen LogP contribution in [0.15, 0.2) is 48.7 Å². The monoisotopic (exact) mass is 364 g/mol. The molecule has 0 N–H and O–H groups in total. The number of carbonyl (C=O) groups is 1. The first kappa shape index (κ1) is 16.8. The largest absolute Gasteiger partial charge is 0.495 e. The fourth-order valence-corrected chi connectivity index (χ4v) is 4.31. The van der Waals surface area contributed by atoms with Crippen molar-refractivity contribution in [2.24, 2.45) is 0 Å². The van der Waals surface area contributed by atoms with E-state index in [1.807, 2.05) is 41.3 Å². The highest BCUT2D eigenvalue weighted by Crippen LogP contribution is 2.39. The van der Waals surface area contributed by atoms with Crippen LogP contribution in [0.1, 0.15) is 27.2 Å². The van der Waals surface area contributed by atoms with Crippen molar-refractivity contribution in [3.63, 3.8) is 0 Å². The third-order valence-electron chi connectivity index (χ3n) is 4.76. The van der Waals surface area contributed by atoms with Crippen LogP contribution < -0.4 is 9.64 Å². The summed E-state index contributed by atoms with van der Waals surface area (Å²) in [5, 5.41) is 0.863. The van der Waals surface area contributed by atoms with Crippen molar-refractivity contribution >= 4 is 22.9 Å². The number of rotatable bonds is 3. The van der Waals surface area contributed by atoms with Gasteiger partial charge in [0.15, 0.2) is 0 Å². The Hall–Kier alpha value is -2.66. The van der Waals surface area contributed by atoms with Crippen LogP contribution in [0.2, 0.25) is 0 Å². The summed E-state index contributed by atoms with van der Waals surface area (Å²) in [4.78, 5) is 20.2. The first-order valence-electron chi connectivity index (χ1n) is 8.68. The van der Waals surface area contributed by atoms with E-state index in [1.54, 1.807) is 13.3 Å². The maximum Gasteiger partial charge on any atom is 0.270 e. The van der Waals surface area contributed by atoms with Crippen molar-refractivity contribution in [2.75, 3.05) is 18.6 Å². The molecule has 0 saturated heterocycles. The molecule has 2 aromatic carbocycles. The molecule has 5 heteroatoms. The van der Waals surface area contributed by atoms with Gasteiger partial charge in [0, 0.05) is 12.1 Å². The summed E-state index contributed by atoms with van der Waals surface area (Å²) < 4.78 is 5.55. The molecule has 0 aliphatic carbocycles. The lowest BCUT2D eigenvalue weighted by atomic mass is 9.96. The number of thiazole rings is 1. The van der Waals surface area contributed by atoms with Gasteiger partial charge in [-0.15, -0.1) is 11.3 Å². The standard InChI is InChI=1S/C21H20N2O2S/c1-14-10-11-17(25-2)19-16(14)9-6-12-23(19)21(24)18-13-22-20(26-18)15-7-4-3-5-8-15/h3-5,7-8,10-11,13H,6,9,12H2,1-2H3. The van der Waals surface area contributed by atoms with Gasteiger partial charge < -0.3 is 9.64 Å². The maximum absolute atomic E-state index is 13.2. The summed E-state index contributed by atoms with van der Waals surface area (Å²) in [6.45, 7) is 2.79. The number of anilines is 1. The molecule has 0 saturated carbocycles. The molecular weight excluding hydrogens is 344 g/mol. The highest BCUT2D eigenvalue weighted by Gasteiger charge is 2.29. The van der Waals surface area contributed by atoms with Gasteiger partial charge in [-0.25, -0.2) is 4.98 Å². The number of fused-ring (bicyclic) bond motifs is 1. The molecule has 4 rings (SSSR count). The Morgan fingerprint density at radius 1 is 1.19 bits per heavy atom. The van der Waals surface area contributed by atoms with Gasteiger partial charge in [-0.1, -0.05) is 36.4 Å². The Morgan fingerprint density at radius 3 is 2.77 bits per heavy atom. The van der Waals surface area contributed by atoms with Gasteiger partial charge in [0.25, 0.3) is 5.91 Å². The molecule has 1 aromatic heterocycles. The lowest BCUT2D eigenvalue weighted by Crippen LogP contribution is -2.35. The number of ether oxygens (including phenoxy) is 1. The van der Waals surface area contributed by atoms with E-state index < -0.39 is 0 Å². The Balaban J connectivity index is 1.71. The first-order valence-corrected chi connectivity index (χ1v) is 9.50. The number of methoxy groups -OCH3 is 1. The van der Waals surface area contributed by atoms with Crippen molar-refractivity contribution in [2.45, 2.75) is 19.8 Å². The molecule has 1 amide bonds. The second-order valence-corrected chi connectivity index (χ2v) is 7.40. The second-order valence-electron chi connectivity index (χ2n) is 6.37. The van der Waals surface area contributed by atoms with Gasteiger partial charge in [-0.05, 0) is 37.0 Å². The molecule has 0 bridgehead atoms. The predicted octanol–water partition coefficient (Wildman–Crippen LogP) is 4.72. The Kier molecular flexibility index (Phi) is 4.47. The van der Waals surface area contributed by atoms with Gasteiger partial charge in [0.05, 0.1) is 19.0 Å². The summed E-state index contributed by atoms with van der Waals surface area (Å²) in [5.74, 6) is 0.751. The van der Waals surface area contributed by atoms with Crippen molar-refractivity contribution in [3.8, 4) is 16.3 Å². The molecule has 3 aromatic rings. The van der Waals surface area contributed by atoms with Gasteiger partial charge in [-0.3, -0.25) is 4.79 Å². The molecule has 26 heavy (non-hydrogen) atoms. The average molecular weight is 364 g/mol. The Morgan fingerprint density at radius 2 is 2.00 bits per heavy atom. The maximum atomic E-state index is 13.2. The molecule has 1 aliphatic rings. The van der Waals surface area contributed by atoms with E-state index in [9.17, 15) is 4.79 Å². The predicted molar refractivity (Wildman–Crippen MR) is 105 cm³/mol. The lowest BCUT2D eigenvalue weighted by Gasteiger charge is -2.31. The smallest absolute Gasteiger partial charge is 0.270 e. The van der Waals surface area contributed by atoms with Crippen LogP contribution in [0.25, 0.3) is 10.6 Å². The van der Waals surface area contributed by atoms with Crippen LogP contribution in [-0.4, -0.2) is 24.5 Å². The average Bonchev–Trinajstić information content (AvgIpc) is 3.18. The number of hydrogen-bond acceptors (Lipinski definition) is 4. The third kappa shape index (κ3) is 2.88. The highest BCUT2D eigenvalue weighted by atomic mass is 32.1. The van der Waals surface area contributed by atoms with Crippen LogP contribution in [0.5, 0.6) is 5.75 Å². The van der Waals surface area contributed by atoms with E-state index in [4.69, 9.17) is 4.74 Å². The summed E-state index contributed by atoms with van der Waals surface area (Å²) in [6, 6.07) is 14.0. The van der Waals surface area contributed by atoms with Crippen LogP contribution >= 0.6 is 11.3 Å². The van der Waals surface area contributed by atoms with E-state index in [1.165, 1.54) is 22.5 Å². The SMILES string of the molecule is COc1ccc(C)c2c1N(C(=O)c1cnc(-c3ccccc3)s1)CCC2. The molecule has 132 valence electrons. The number of hydrogen-bond donors (Lipinski definition) is 0. The summed E-state index contributed by atoms with van der Waals surface area (Å²) in [7, 11) is 1.66. The zero-order chi connectivity index (χ0) is 18.1. The normalized spacial score (nSPS) is 13.4. The zero-order valence-electron chi connectivity index (χ0n) is 14.9. The molecular formula is C21H20N2O2S. The lowest BCUT2D eigenvalue weighted by molar-refractivity contribution is 0.0988. The molecule has 0 spiro atoms. The number of aromatic nitrogens is 1. The summed E-state index contributed by atoms with van der Waals surface area (Å²) in [6.07, 6.45) is 3.61. The molecule has 2 heterocycles. The van der Waals surface area contributed by atoms with Crippen LogP contribution in [0, 0.1) is 6.92 Å². The van der Waals surface area contributed by atoms with Gasteiger partial charge in [0.1, 0.15) is 15.6 Å². The quantitative estimate of drug-likeness (QED) is 0.675. The highest BCUT2D eigenvalue weighted by molar-refractivity contribution is 7.17. The number of carbonyl (C=O) groups excluding carboxylic acids is 1. The van der Waals surface area contributed by atoms with Gasteiger partial charge in [-0.2, -0.15) is 0 Å². The summed E-state index contributed by atoms with van der Waals surface area (Å²) in [5.41, 5.74) is 4.35. The minimum Gasteiger partial charge on any atom is -0.495 e. The van der Waals surface area contributed by atoms with Crippen molar-refractivity contribution in [1.82, 2.24) is 4.98 Å². The topological polar surface area (TPSA) is 42.4 Å². The molecule has 0 atom stereocenters. The molecule has 4 nitrogen and oxygen atoms in total. The Labute approximate surface area is 157 Å². The number of amides is 1. The van der Waals surface area contributed by atoms with E-state index >= 15 is 0 Å². The molecule has 1 aliphatic heterocycles. The molecule has 0 fully saturated rings. The Bertz CT molecular complexity index is 950. The van der Waals surface area contributed by atoms with Gasteiger partial charge >= 0.3 is 0 Å². The summed E-state index contributed by atoms with van der Waals surface area (Å²) >= 11 is 1.44. The van der Waals surface area contributed by atoms with Gasteiger partial charge in [0.2, 0.25) is 0 Å². The van der Waals surface area contributed by atoms with Crippen LogP contribution in [0.4, 0.5) is 5.69 Å². The fraction of sp³-hybridized carbons (Fsp3) is 0.238. The molecule has 0 radical (unpaired) electrons. The van der Waals surface area contributed by atoms with Crippen LogP contribution in [-0.2, 0) is 6.42 Å². The zero-order valence-corrected chi connectivity index (χ0v) is 15.7. The fourth-order valence-electron chi connectivity index (χ4n) is 3.44. The number of benzene rings is 2. The van der Waals surface area contributed by atoms with E-state index in [-0.39, 0.29) is 5.91 Å².